The molecule has 0 atom stereocenters. The van der Waals surface area contributed by atoms with Gasteiger partial charge in [-0.1, -0.05) is 11.6 Å². The van der Waals surface area contributed by atoms with E-state index < -0.39 is 0 Å². The molecule has 1 aromatic carbocycles. The largest absolute Gasteiger partial charge is 0.397 e. The lowest BCUT2D eigenvalue weighted by molar-refractivity contribution is 0.102. The minimum atomic E-state index is -0.244. The van der Waals surface area contributed by atoms with Gasteiger partial charge in [0.15, 0.2) is 0 Å². The first-order chi connectivity index (χ1) is 9.47. The maximum atomic E-state index is 12.1. The summed E-state index contributed by atoms with van der Waals surface area (Å²) in [5.41, 5.74) is 8.41. The monoisotopic (exact) mass is 290 g/mol. The van der Waals surface area contributed by atoms with Crippen molar-refractivity contribution in [1.82, 2.24) is 4.98 Å². The number of nitrogens with one attached hydrogen (secondary N) is 1. The molecule has 0 saturated heterocycles. The third-order valence-electron chi connectivity index (χ3n) is 2.76. The summed E-state index contributed by atoms with van der Waals surface area (Å²) >= 11 is 5.69. The number of amides is 1. The van der Waals surface area contributed by atoms with E-state index in [1.807, 2.05) is 25.1 Å². The number of rotatable bonds is 3. The molecule has 0 aliphatic carbocycles. The van der Waals surface area contributed by atoms with E-state index in [1.165, 1.54) is 6.20 Å². The third-order valence-corrected chi connectivity index (χ3v) is 2.98. The SMILES string of the molecule is CN(C)c1ccc(C(=O)Nc2ccc(Cl)nc2)cc1N. The quantitative estimate of drug-likeness (QED) is 0.673. The fraction of sp³-hybridized carbons (Fsp3) is 0.143. The van der Waals surface area contributed by atoms with Crippen LogP contribution < -0.4 is 16.0 Å². The van der Waals surface area contributed by atoms with Gasteiger partial charge in [-0.25, -0.2) is 4.98 Å². The summed E-state index contributed by atoms with van der Waals surface area (Å²) < 4.78 is 0. The van der Waals surface area contributed by atoms with E-state index in [0.717, 1.165) is 5.69 Å². The van der Waals surface area contributed by atoms with E-state index in [4.69, 9.17) is 17.3 Å². The zero-order chi connectivity index (χ0) is 14.7. The van der Waals surface area contributed by atoms with Crippen molar-refractivity contribution in [2.75, 3.05) is 30.0 Å². The highest BCUT2D eigenvalue weighted by molar-refractivity contribution is 6.29. The van der Waals surface area contributed by atoms with Gasteiger partial charge in [0.25, 0.3) is 5.91 Å². The Morgan fingerprint density at radius 3 is 2.60 bits per heavy atom. The van der Waals surface area contributed by atoms with Gasteiger partial charge >= 0.3 is 0 Å². The molecule has 0 spiro atoms. The molecule has 0 bridgehead atoms. The molecule has 0 aliphatic rings. The summed E-state index contributed by atoms with van der Waals surface area (Å²) in [5, 5.41) is 3.11. The summed E-state index contributed by atoms with van der Waals surface area (Å²) in [6.07, 6.45) is 1.50. The molecule has 2 aromatic rings. The molecule has 2 rings (SSSR count). The highest BCUT2D eigenvalue weighted by Crippen LogP contribution is 2.22. The number of nitrogens with two attached hydrogens (primary N) is 1. The molecule has 3 N–H and O–H groups in total. The first-order valence-electron chi connectivity index (χ1n) is 5.97. The van der Waals surface area contributed by atoms with E-state index >= 15 is 0 Å². The van der Waals surface area contributed by atoms with E-state index in [0.29, 0.717) is 22.1 Å². The maximum absolute atomic E-state index is 12.1. The summed E-state index contributed by atoms with van der Waals surface area (Å²) in [7, 11) is 3.79. The van der Waals surface area contributed by atoms with Crippen molar-refractivity contribution < 1.29 is 4.79 Å². The second-order valence-electron chi connectivity index (χ2n) is 4.49. The Balaban J connectivity index is 2.17. The smallest absolute Gasteiger partial charge is 0.255 e. The van der Waals surface area contributed by atoms with Crippen LogP contribution in [-0.4, -0.2) is 25.0 Å². The van der Waals surface area contributed by atoms with Crippen LogP contribution >= 0.6 is 11.6 Å². The Kier molecular flexibility index (Phi) is 4.10. The van der Waals surface area contributed by atoms with Gasteiger partial charge in [-0.3, -0.25) is 4.79 Å². The summed E-state index contributed by atoms with van der Waals surface area (Å²) in [6.45, 7) is 0. The van der Waals surface area contributed by atoms with Crippen molar-refractivity contribution in [3.63, 3.8) is 0 Å². The minimum absolute atomic E-state index is 0.244. The molecule has 20 heavy (non-hydrogen) atoms. The number of hydrogen-bond acceptors (Lipinski definition) is 4. The van der Waals surface area contributed by atoms with Crippen LogP contribution in [0, 0.1) is 0 Å². The number of aromatic nitrogens is 1. The molecule has 1 aromatic heterocycles. The lowest BCUT2D eigenvalue weighted by Crippen LogP contribution is -2.15. The molecule has 1 heterocycles. The highest BCUT2D eigenvalue weighted by atomic mass is 35.5. The lowest BCUT2D eigenvalue weighted by Gasteiger charge is -2.15. The average molecular weight is 291 g/mol. The van der Waals surface area contributed by atoms with E-state index in [9.17, 15) is 4.79 Å². The third kappa shape index (κ3) is 3.19. The topological polar surface area (TPSA) is 71.2 Å². The summed E-state index contributed by atoms with van der Waals surface area (Å²) in [5.74, 6) is -0.244. The number of benzene rings is 1. The molecular weight excluding hydrogens is 276 g/mol. The Morgan fingerprint density at radius 1 is 1.30 bits per heavy atom. The van der Waals surface area contributed by atoms with Crippen LogP contribution in [0.15, 0.2) is 36.5 Å². The Hall–Kier alpha value is -2.27. The van der Waals surface area contributed by atoms with Gasteiger partial charge in [-0.2, -0.15) is 0 Å². The van der Waals surface area contributed by atoms with E-state index in [2.05, 4.69) is 10.3 Å². The number of hydrogen-bond donors (Lipinski definition) is 2. The minimum Gasteiger partial charge on any atom is -0.397 e. The van der Waals surface area contributed by atoms with E-state index in [-0.39, 0.29) is 5.91 Å². The first kappa shape index (κ1) is 14.1. The predicted molar refractivity (Wildman–Crippen MR) is 82.4 cm³/mol. The molecule has 104 valence electrons. The van der Waals surface area contributed by atoms with Crippen molar-refractivity contribution in [2.45, 2.75) is 0 Å². The maximum Gasteiger partial charge on any atom is 0.255 e. The van der Waals surface area contributed by atoms with Gasteiger partial charge in [-0.15, -0.1) is 0 Å². The number of anilines is 3. The van der Waals surface area contributed by atoms with Gasteiger partial charge in [0.2, 0.25) is 0 Å². The van der Waals surface area contributed by atoms with Crippen LogP contribution in [0.2, 0.25) is 5.15 Å². The molecule has 0 unspecified atom stereocenters. The molecule has 0 fully saturated rings. The molecule has 0 saturated carbocycles. The molecule has 6 heteroatoms. The van der Waals surface area contributed by atoms with Crippen molar-refractivity contribution in [2.24, 2.45) is 0 Å². The fourth-order valence-electron chi connectivity index (χ4n) is 1.76. The normalized spacial score (nSPS) is 10.2. The van der Waals surface area contributed by atoms with Gasteiger partial charge < -0.3 is 16.0 Å². The van der Waals surface area contributed by atoms with Crippen LogP contribution in [0.3, 0.4) is 0 Å². The van der Waals surface area contributed by atoms with Crippen LogP contribution in [0.4, 0.5) is 17.1 Å². The number of pyridine rings is 1. The Morgan fingerprint density at radius 2 is 2.05 bits per heavy atom. The van der Waals surface area contributed by atoms with Crippen LogP contribution in [0.1, 0.15) is 10.4 Å². The molecular formula is C14H15ClN4O. The van der Waals surface area contributed by atoms with Crippen molar-refractivity contribution in [3.8, 4) is 0 Å². The number of carbonyl (C=O) groups excluding carboxylic acids is 1. The molecule has 5 nitrogen and oxygen atoms in total. The zero-order valence-corrected chi connectivity index (χ0v) is 12.0. The van der Waals surface area contributed by atoms with Gasteiger partial charge in [-0.05, 0) is 30.3 Å². The predicted octanol–water partition coefficient (Wildman–Crippen LogP) is 2.64. The number of halogens is 1. The molecule has 1 amide bonds. The molecule has 0 aliphatic heterocycles. The van der Waals surface area contributed by atoms with Crippen molar-refractivity contribution in [1.29, 1.82) is 0 Å². The second kappa shape index (κ2) is 5.79. The van der Waals surface area contributed by atoms with Crippen LogP contribution in [0.5, 0.6) is 0 Å². The van der Waals surface area contributed by atoms with Gasteiger partial charge in [0.05, 0.1) is 23.3 Å². The second-order valence-corrected chi connectivity index (χ2v) is 4.88. The summed E-state index contributed by atoms with van der Waals surface area (Å²) in [6, 6.07) is 8.48. The van der Waals surface area contributed by atoms with Crippen LogP contribution in [-0.2, 0) is 0 Å². The number of carbonyl (C=O) groups is 1. The lowest BCUT2D eigenvalue weighted by atomic mass is 10.1. The zero-order valence-electron chi connectivity index (χ0n) is 11.2. The van der Waals surface area contributed by atoms with Crippen molar-refractivity contribution in [3.05, 3.63) is 47.2 Å². The van der Waals surface area contributed by atoms with Gasteiger partial charge in [0.1, 0.15) is 5.15 Å². The Bertz CT molecular complexity index is 626. The fourth-order valence-corrected chi connectivity index (χ4v) is 1.87. The first-order valence-corrected chi connectivity index (χ1v) is 6.35. The number of nitrogens with zero attached hydrogens (tertiary/aromatic N) is 2. The standard InChI is InChI=1S/C14H15ClN4O/c1-19(2)12-5-3-9(7-11(12)16)14(20)18-10-4-6-13(15)17-8-10/h3-8H,16H2,1-2H3,(H,18,20). The van der Waals surface area contributed by atoms with E-state index in [1.54, 1.807) is 24.3 Å². The highest BCUT2D eigenvalue weighted by Gasteiger charge is 2.09. The number of nitrogen functional groups attached to an aromatic ring is 1. The summed E-state index contributed by atoms with van der Waals surface area (Å²) in [4.78, 5) is 17.9. The average Bonchev–Trinajstić information content (AvgIpc) is 2.40. The van der Waals surface area contributed by atoms with Crippen LogP contribution in [0.25, 0.3) is 0 Å². The van der Waals surface area contributed by atoms with Gasteiger partial charge in [0, 0.05) is 19.7 Å². The Labute approximate surface area is 122 Å². The molecule has 0 radical (unpaired) electrons. The van der Waals surface area contributed by atoms with Crippen molar-refractivity contribution >= 4 is 34.6 Å².